The van der Waals surface area contributed by atoms with Crippen LogP contribution in [0.2, 0.25) is 0 Å². The first kappa shape index (κ1) is 14.0. The molecular formula is C17H16F2O2. The molecule has 1 N–H and O–H groups in total. The van der Waals surface area contributed by atoms with Crippen molar-refractivity contribution in [1.82, 2.24) is 0 Å². The molecule has 0 bridgehead atoms. The van der Waals surface area contributed by atoms with Crippen molar-refractivity contribution in [1.29, 1.82) is 0 Å². The van der Waals surface area contributed by atoms with Crippen molar-refractivity contribution in [2.45, 2.75) is 31.5 Å². The van der Waals surface area contributed by atoms with Gasteiger partial charge in [-0.25, -0.2) is 8.78 Å². The van der Waals surface area contributed by atoms with Crippen LogP contribution in [0.5, 0.6) is 5.75 Å². The third-order valence-corrected chi connectivity index (χ3v) is 3.72. The molecule has 0 radical (unpaired) electrons. The van der Waals surface area contributed by atoms with Gasteiger partial charge in [0.2, 0.25) is 0 Å². The van der Waals surface area contributed by atoms with E-state index in [-0.39, 0.29) is 11.7 Å². The average molecular weight is 290 g/mol. The third-order valence-electron chi connectivity index (χ3n) is 3.72. The smallest absolute Gasteiger partial charge is 0.165 e. The zero-order valence-corrected chi connectivity index (χ0v) is 11.6. The van der Waals surface area contributed by atoms with E-state index in [9.17, 15) is 13.9 Å². The van der Waals surface area contributed by atoms with E-state index in [4.69, 9.17) is 4.74 Å². The zero-order valence-electron chi connectivity index (χ0n) is 11.6. The molecule has 21 heavy (non-hydrogen) atoms. The summed E-state index contributed by atoms with van der Waals surface area (Å²) in [5.74, 6) is -1.28. The van der Waals surface area contributed by atoms with Crippen LogP contribution < -0.4 is 4.74 Å². The molecule has 4 heteroatoms. The Bertz CT molecular complexity index is 646. The molecule has 1 aliphatic carbocycles. The summed E-state index contributed by atoms with van der Waals surface area (Å²) in [7, 11) is 0. The highest BCUT2D eigenvalue weighted by Crippen LogP contribution is 2.33. The van der Waals surface area contributed by atoms with Gasteiger partial charge >= 0.3 is 0 Å². The molecule has 1 aliphatic rings. The first-order chi connectivity index (χ1) is 9.98. The molecule has 0 saturated heterocycles. The Morgan fingerprint density at radius 2 is 1.76 bits per heavy atom. The maximum atomic E-state index is 13.9. The minimum absolute atomic E-state index is 0.0849. The van der Waals surface area contributed by atoms with E-state index >= 15 is 0 Å². The van der Waals surface area contributed by atoms with Crippen molar-refractivity contribution in [3.63, 3.8) is 0 Å². The standard InChI is InChI=1S/C17H16F2O2/c1-17(20,14-3-2-4-15(18)16(14)19)11-5-7-12(8-6-11)21-13-9-10-13/h2-8,13,20H,9-10H2,1H3. The second-order valence-electron chi connectivity index (χ2n) is 5.52. The molecule has 3 rings (SSSR count). The Kier molecular flexibility index (Phi) is 3.41. The Hall–Kier alpha value is -1.94. The maximum Gasteiger partial charge on any atom is 0.165 e. The second kappa shape index (κ2) is 5.11. The van der Waals surface area contributed by atoms with Crippen LogP contribution in [-0.2, 0) is 5.60 Å². The van der Waals surface area contributed by atoms with E-state index in [1.165, 1.54) is 19.1 Å². The molecule has 0 heterocycles. The minimum atomic E-state index is -1.61. The summed E-state index contributed by atoms with van der Waals surface area (Å²) in [6, 6.07) is 10.6. The summed E-state index contributed by atoms with van der Waals surface area (Å²) in [5, 5.41) is 10.6. The lowest BCUT2D eigenvalue weighted by molar-refractivity contribution is 0.0969. The number of hydrogen-bond donors (Lipinski definition) is 1. The van der Waals surface area contributed by atoms with Crippen molar-refractivity contribution >= 4 is 0 Å². The monoisotopic (exact) mass is 290 g/mol. The van der Waals surface area contributed by atoms with Crippen molar-refractivity contribution in [3.05, 3.63) is 65.2 Å². The predicted molar refractivity (Wildman–Crippen MR) is 75.1 cm³/mol. The normalized spacial score (nSPS) is 17.3. The summed E-state index contributed by atoms with van der Waals surface area (Å²) in [6.07, 6.45) is 2.42. The molecule has 1 fully saturated rings. The van der Waals surface area contributed by atoms with E-state index in [1.807, 2.05) is 0 Å². The lowest BCUT2D eigenvalue weighted by atomic mass is 9.88. The third kappa shape index (κ3) is 2.76. The quantitative estimate of drug-likeness (QED) is 0.929. The first-order valence-corrected chi connectivity index (χ1v) is 6.92. The van der Waals surface area contributed by atoms with Crippen molar-refractivity contribution in [3.8, 4) is 5.75 Å². The molecule has 2 nitrogen and oxygen atoms in total. The fraction of sp³-hybridized carbons (Fsp3) is 0.294. The van der Waals surface area contributed by atoms with Gasteiger partial charge in [0.15, 0.2) is 11.6 Å². The molecule has 0 aliphatic heterocycles. The second-order valence-corrected chi connectivity index (χ2v) is 5.52. The van der Waals surface area contributed by atoms with Gasteiger partial charge in [0.05, 0.1) is 6.10 Å². The molecular weight excluding hydrogens is 274 g/mol. The van der Waals surface area contributed by atoms with Crippen LogP contribution in [0.25, 0.3) is 0 Å². The van der Waals surface area contributed by atoms with Crippen molar-refractivity contribution in [2.24, 2.45) is 0 Å². The first-order valence-electron chi connectivity index (χ1n) is 6.92. The Morgan fingerprint density at radius 3 is 2.38 bits per heavy atom. The molecule has 0 aromatic heterocycles. The number of aliphatic hydroxyl groups is 1. The SMILES string of the molecule is CC(O)(c1ccc(OC2CC2)cc1)c1cccc(F)c1F. The lowest BCUT2D eigenvalue weighted by Crippen LogP contribution is -2.24. The van der Waals surface area contributed by atoms with Crippen LogP contribution in [0, 0.1) is 11.6 Å². The van der Waals surface area contributed by atoms with Gasteiger partial charge in [-0.15, -0.1) is 0 Å². The molecule has 0 spiro atoms. The van der Waals surface area contributed by atoms with Gasteiger partial charge in [-0.1, -0.05) is 24.3 Å². The van der Waals surface area contributed by atoms with Crippen LogP contribution >= 0.6 is 0 Å². The number of ether oxygens (including phenoxy) is 1. The molecule has 110 valence electrons. The summed E-state index contributed by atoms with van der Waals surface area (Å²) in [4.78, 5) is 0. The molecule has 2 aromatic rings. The van der Waals surface area contributed by atoms with Crippen LogP contribution in [0.1, 0.15) is 30.9 Å². The van der Waals surface area contributed by atoms with Gasteiger partial charge in [-0.2, -0.15) is 0 Å². The Morgan fingerprint density at radius 1 is 1.10 bits per heavy atom. The van der Waals surface area contributed by atoms with E-state index in [0.717, 1.165) is 24.7 Å². The largest absolute Gasteiger partial charge is 0.490 e. The highest BCUT2D eigenvalue weighted by Gasteiger charge is 2.30. The molecule has 0 amide bonds. The number of hydrogen-bond acceptors (Lipinski definition) is 2. The Labute approximate surface area is 122 Å². The van der Waals surface area contributed by atoms with Gasteiger partial charge in [-0.3, -0.25) is 0 Å². The van der Waals surface area contributed by atoms with Gasteiger partial charge in [0.25, 0.3) is 0 Å². The van der Waals surface area contributed by atoms with Gasteiger partial charge < -0.3 is 9.84 Å². The van der Waals surface area contributed by atoms with Crippen LogP contribution in [-0.4, -0.2) is 11.2 Å². The van der Waals surface area contributed by atoms with E-state index in [1.54, 1.807) is 24.3 Å². The summed E-state index contributed by atoms with van der Waals surface area (Å²) in [6.45, 7) is 1.45. The highest BCUT2D eigenvalue weighted by atomic mass is 19.2. The maximum absolute atomic E-state index is 13.9. The van der Waals surface area contributed by atoms with Gasteiger partial charge in [-0.05, 0) is 43.5 Å². The Balaban J connectivity index is 1.91. The fourth-order valence-electron chi connectivity index (χ4n) is 2.27. The fourth-order valence-corrected chi connectivity index (χ4v) is 2.27. The molecule has 1 atom stereocenters. The van der Waals surface area contributed by atoms with Crippen LogP contribution in [0.4, 0.5) is 8.78 Å². The van der Waals surface area contributed by atoms with E-state index in [0.29, 0.717) is 5.56 Å². The van der Waals surface area contributed by atoms with E-state index in [2.05, 4.69) is 0 Å². The van der Waals surface area contributed by atoms with Crippen LogP contribution in [0.3, 0.4) is 0 Å². The van der Waals surface area contributed by atoms with Gasteiger partial charge in [0, 0.05) is 5.56 Å². The van der Waals surface area contributed by atoms with Crippen molar-refractivity contribution < 1.29 is 18.6 Å². The van der Waals surface area contributed by atoms with Crippen LogP contribution in [0.15, 0.2) is 42.5 Å². The van der Waals surface area contributed by atoms with Gasteiger partial charge in [0.1, 0.15) is 11.4 Å². The van der Waals surface area contributed by atoms with E-state index < -0.39 is 17.2 Å². The molecule has 2 aromatic carbocycles. The summed E-state index contributed by atoms with van der Waals surface area (Å²) < 4.78 is 32.8. The molecule has 1 unspecified atom stereocenters. The summed E-state index contributed by atoms with van der Waals surface area (Å²) >= 11 is 0. The number of benzene rings is 2. The average Bonchev–Trinajstić information content (AvgIpc) is 3.26. The highest BCUT2D eigenvalue weighted by molar-refractivity contribution is 5.39. The lowest BCUT2D eigenvalue weighted by Gasteiger charge is -2.25. The topological polar surface area (TPSA) is 29.5 Å². The van der Waals surface area contributed by atoms with Crippen molar-refractivity contribution in [2.75, 3.05) is 0 Å². The minimum Gasteiger partial charge on any atom is -0.490 e. The predicted octanol–water partition coefficient (Wildman–Crippen LogP) is 3.76. The number of rotatable bonds is 4. The number of halogens is 2. The zero-order chi connectivity index (χ0) is 15.0. The summed E-state index contributed by atoms with van der Waals surface area (Å²) in [5.41, 5.74) is -1.21. The molecule has 1 saturated carbocycles.